The summed E-state index contributed by atoms with van der Waals surface area (Å²) in [6.07, 6.45) is -0.365. The van der Waals surface area contributed by atoms with Crippen LogP contribution in [-0.2, 0) is 22.5 Å². The molecular formula is C21H24BrFN2O3. The lowest BCUT2D eigenvalue weighted by atomic mass is 10.1. The zero-order valence-corrected chi connectivity index (χ0v) is 17.7. The molecule has 2 rings (SSSR count). The standard InChI is InChI=1S/C21H24BrFN2O3/c1-21(2,3)28-20(27)25-18(11-14-7-5-4-6-8-14)19(26)24-13-15-9-16(22)12-17(23)10-15/h4-10,12,18H,11,13H2,1-3H3,(H,24,26)(H,25,27). The van der Waals surface area contributed by atoms with Crippen molar-refractivity contribution >= 4 is 27.9 Å². The molecule has 1 atom stereocenters. The van der Waals surface area contributed by atoms with E-state index in [4.69, 9.17) is 4.74 Å². The Hall–Kier alpha value is -2.41. The number of carbonyl (C=O) groups is 2. The highest BCUT2D eigenvalue weighted by molar-refractivity contribution is 9.10. The molecule has 0 bridgehead atoms. The molecule has 0 spiro atoms. The van der Waals surface area contributed by atoms with Crippen molar-refractivity contribution in [2.75, 3.05) is 0 Å². The van der Waals surface area contributed by atoms with Crippen molar-refractivity contribution in [1.82, 2.24) is 10.6 Å². The van der Waals surface area contributed by atoms with Crippen LogP contribution in [0.3, 0.4) is 0 Å². The highest BCUT2D eigenvalue weighted by atomic mass is 79.9. The van der Waals surface area contributed by atoms with Gasteiger partial charge in [0, 0.05) is 17.4 Å². The maximum Gasteiger partial charge on any atom is 0.408 e. The Morgan fingerprint density at radius 2 is 1.79 bits per heavy atom. The third kappa shape index (κ3) is 7.68. The molecule has 0 aliphatic rings. The fourth-order valence-corrected chi connectivity index (χ4v) is 3.05. The maximum absolute atomic E-state index is 13.5. The average Bonchev–Trinajstić information content (AvgIpc) is 2.57. The van der Waals surface area contributed by atoms with Gasteiger partial charge in [0.2, 0.25) is 5.91 Å². The summed E-state index contributed by atoms with van der Waals surface area (Å²) in [6.45, 7) is 5.39. The molecule has 2 aromatic carbocycles. The number of rotatable bonds is 6. The van der Waals surface area contributed by atoms with Crippen molar-refractivity contribution in [3.8, 4) is 0 Å². The number of benzene rings is 2. The van der Waals surface area contributed by atoms with E-state index in [0.29, 0.717) is 16.5 Å². The van der Waals surface area contributed by atoms with Gasteiger partial charge in [-0.15, -0.1) is 0 Å². The van der Waals surface area contributed by atoms with Crippen molar-refractivity contribution in [3.05, 3.63) is 69.9 Å². The van der Waals surface area contributed by atoms with Crippen molar-refractivity contribution in [1.29, 1.82) is 0 Å². The van der Waals surface area contributed by atoms with Crippen LogP contribution in [0.2, 0.25) is 0 Å². The van der Waals surface area contributed by atoms with Gasteiger partial charge in [-0.3, -0.25) is 4.79 Å². The van der Waals surface area contributed by atoms with E-state index in [0.717, 1.165) is 5.56 Å². The summed E-state index contributed by atoms with van der Waals surface area (Å²) in [7, 11) is 0. The lowest BCUT2D eigenvalue weighted by Crippen LogP contribution is -2.49. The Balaban J connectivity index is 2.07. The van der Waals surface area contributed by atoms with E-state index >= 15 is 0 Å². The van der Waals surface area contributed by atoms with E-state index in [1.165, 1.54) is 12.1 Å². The van der Waals surface area contributed by atoms with Crippen LogP contribution in [0, 0.1) is 5.82 Å². The van der Waals surface area contributed by atoms with Gasteiger partial charge in [0.05, 0.1) is 0 Å². The number of carbonyl (C=O) groups excluding carboxylic acids is 2. The smallest absolute Gasteiger partial charge is 0.408 e. The fourth-order valence-electron chi connectivity index (χ4n) is 2.53. The van der Waals surface area contributed by atoms with Crippen LogP contribution in [0.4, 0.5) is 9.18 Å². The molecule has 2 amide bonds. The number of nitrogens with one attached hydrogen (secondary N) is 2. The Labute approximate surface area is 172 Å². The topological polar surface area (TPSA) is 67.4 Å². The zero-order valence-electron chi connectivity index (χ0n) is 16.1. The van der Waals surface area contributed by atoms with Crippen LogP contribution >= 0.6 is 15.9 Å². The summed E-state index contributed by atoms with van der Waals surface area (Å²) in [5, 5.41) is 5.37. The first-order chi connectivity index (χ1) is 13.1. The van der Waals surface area contributed by atoms with Gasteiger partial charge in [-0.25, -0.2) is 9.18 Å². The molecule has 5 nitrogen and oxygen atoms in total. The first kappa shape index (κ1) is 21.9. The monoisotopic (exact) mass is 450 g/mol. The number of halogens is 2. The van der Waals surface area contributed by atoms with Crippen LogP contribution < -0.4 is 10.6 Å². The molecular weight excluding hydrogens is 427 g/mol. The van der Waals surface area contributed by atoms with E-state index in [-0.39, 0.29) is 12.5 Å². The predicted octanol–water partition coefficient (Wildman–Crippen LogP) is 4.34. The summed E-state index contributed by atoms with van der Waals surface area (Å²) in [4.78, 5) is 24.9. The van der Waals surface area contributed by atoms with E-state index in [1.54, 1.807) is 26.8 Å². The molecule has 0 heterocycles. The molecule has 0 aliphatic carbocycles. The van der Waals surface area contributed by atoms with Crippen LogP contribution in [0.1, 0.15) is 31.9 Å². The van der Waals surface area contributed by atoms with Gasteiger partial charge >= 0.3 is 6.09 Å². The number of ether oxygens (including phenoxy) is 1. The largest absolute Gasteiger partial charge is 0.444 e. The number of hydrogen-bond donors (Lipinski definition) is 2. The first-order valence-corrected chi connectivity index (χ1v) is 9.68. The van der Waals surface area contributed by atoms with E-state index in [2.05, 4.69) is 26.6 Å². The van der Waals surface area contributed by atoms with E-state index in [9.17, 15) is 14.0 Å². The van der Waals surface area contributed by atoms with Gasteiger partial charge in [0.1, 0.15) is 17.5 Å². The minimum Gasteiger partial charge on any atom is -0.444 e. The molecule has 0 saturated heterocycles. The molecule has 1 unspecified atom stereocenters. The van der Waals surface area contributed by atoms with Gasteiger partial charge < -0.3 is 15.4 Å². The Morgan fingerprint density at radius 1 is 1.11 bits per heavy atom. The van der Waals surface area contributed by atoms with E-state index in [1.807, 2.05) is 30.3 Å². The van der Waals surface area contributed by atoms with Gasteiger partial charge in [-0.2, -0.15) is 0 Å². The second-order valence-electron chi connectivity index (χ2n) is 7.38. The summed E-state index contributed by atoms with van der Waals surface area (Å²) < 4.78 is 19.4. The summed E-state index contributed by atoms with van der Waals surface area (Å²) in [5.41, 5.74) is 0.828. The van der Waals surface area contributed by atoms with Crippen molar-refractivity contribution in [2.24, 2.45) is 0 Å². The van der Waals surface area contributed by atoms with Gasteiger partial charge in [0.15, 0.2) is 0 Å². The van der Waals surface area contributed by atoms with Crippen LogP contribution in [0.15, 0.2) is 53.0 Å². The normalized spacial score (nSPS) is 12.2. The highest BCUT2D eigenvalue weighted by Gasteiger charge is 2.24. The predicted molar refractivity (Wildman–Crippen MR) is 109 cm³/mol. The molecule has 2 aromatic rings. The maximum atomic E-state index is 13.5. The van der Waals surface area contributed by atoms with Crippen molar-refractivity contribution in [3.63, 3.8) is 0 Å². The molecule has 2 N–H and O–H groups in total. The third-order valence-corrected chi connectivity index (χ3v) is 4.14. The van der Waals surface area contributed by atoms with Crippen LogP contribution in [-0.4, -0.2) is 23.6 Å². The van der Waals surface area contributed by atoms with Crippen LogP contribution in [0.25, 0.3) is 0 Å². The number of amides is 2. The lowest BCUT2D eigenvalue weighted by molar-refractivity contribution is -0.123. The van der Waals surface area contributed by atoms with E-state index < -0.39 is 23.6 Å². The molecule has 0 aromatic heterocycles. The average molecular weight is 451 g/mol. The Morgan fingerprint density at radius 3 is 2.39 bits per heavy atom. The zero-order chi connectivity index (χ0) is 20.7. The number of hydrogen-bond acceptors (Lipinski definition) is 3. The van der Waals surface area contributed by atoms with Crippen molar-refractivity contribution in [2.45, 2.75) is 45.4 Å². The fraction of sp³-hybridized carbons (Fsp3) is 0.333. The molecule has 150 valence electrons. The highest BCUT2D eigenvalue weighted by Crippen LogP contribution is 2.15. The summed E-state index contributed by atoms with van der Waals surface area (Å²) in [6, 6.07) is 12.9. The van der Waals surface area contributed by atoms with Gasteiger partial charge in [-0.1, -0.05) is 46.3 Å². The molecule has 0 aliphatic heterocycles. The quantitative estimate of drug-likeness (QED) is 0.687. The van der Waals surface area contributed by atoms with Gasteiger partial charge in [0.25, 0.3) is 0 Å². The number of alkyl carbamates (subject to hydrolysis) is 1. The first-order valence-electron chi connectivity index (χ1n) is 8.88. The Bertz CT molecular complexity index is 802. The van der Waals surface area contributed by atoms with Gasteiger partial charge in [-0.05, 0) is 50.1 Å². The Kier molecular flexibility index (Phi) is 7.57. The SMILES string of the molecule is CC(C)(C)OC(=O)NC(Cc1ccccc1)C(=O)NCc1cc(F)cc(Br)c1. The second kappa shape index (κ2) is 9.68. The molecule has 0 radical (unpaired) electrons. The summed E-state index contributed by atoms with van der Waals surface area (Å²) >= 11 is 3.23. The lowest BCUT2D eigenvalue weighted by Gasteiger charge is -2.23. The summed E-state index contributed by atoms with van der Waals surface area (Å²) in [5.74, 6) is -0.776. The second-order valence-corrected chi connectivity index (χ2v) is 8.30. The molecule has 7 heteroatoms. The molecule has 0 fully saturated rings. The molecule has 0 saturated carbocycles. The molecule has 28 heavy (non-hydrogen) atoms. The van der Waals surface area contributed by atoms with Crippen LogP contribution in [0.5, 0.6) is 0 Å². The third-order valence-electron chi connectivity index (χ3n) is 3.68. The van der Waals surface area contributed by atoms with Crippen molar-refractivity contribution < 1.29 is 18.7 Å². The minimum atomic E-state index is -0.825. The minimum absolute atomic E-state index is 0.135.